The van der Waals surface area contributed by atoms with Gasteiger partial charge in [0, 0.05) is 37.0 Å². The van der Waals surface area contributed by atoms with E-state index < -0.39 is 0 Å². The lowest BCUT2D eigenvalue weighted by atomic mass is 10.1. The quantitative estimate of drug-likeness (QED) is 0.624. The number of hydrogen-bond donors (Lipinski definition) is 1. The Kier molecular flexibility index (Phi) is 1.73. The predicted octanol–water partition coefficient (Wildman–Crippen LogP) is 0.815. The highest BCUT2D eigenvalue weighted by molar-refractivity contribution is 5.77. The summed E-state index contributed by atoms with van der Waals surface area (Å²) in [6, 6.07) is 0. The van der Waals surface area contributed by atoms with Crippen LogP contribution >= 0.6 is 0 Å². The zero-order valence-corrected chi connectivity index (χ0v) is 7.13. The molecule has 12 heavy (non-hydrogen) atoms. The van der Waals surface area contributed by atoms with Gasteiger partial charge in [-0.25, -0.2) is 0 Å². The van der Waals surface area contributed by atoms with Gasteiger partial charge in [-0.1, -0.05) is 0 Å². The van der Waals surface area contributed by atoms with Gasteiger partial charge in [0.2, 0.25) is 0 Å². The molecule has 0 atom stereocenters. The van der Waals surface area contributed by atoms with Crippen molar-refractivity contribution in [3.8, 4) is 0 Å². The van der Waals surface area contributed by atoms with Crippen LogP contribution in [0.1, 0.15) is 21.6 Å². The fourth-order valence-corrected chi connectivity index (χ4v) is 1.68. The molecule has 0 saturated carbocycles. The van der Waals surface area contributed by atoms with Gasteiger partial charge in [0.15, 0.2) is 6.29 Å². The number of carbonyl (C=O) groups is 1. The zero-order valence-electron chi connectivity index (χ0n) is 7.13. The molecule has 0 spiro atoms. The molecule has 0 amide bonds. The lowest BCUT2D eigenvalue weighted by Gasteiger charge is -2.22. The van der Waals surface area contributed by atoms with Crippen LogP contribution in [0.4, 0.5) is 0 Å². The summed E-state index contributed by atoms with van der Waals surface area (Å²) in [4.78, 5) is 16.0. The Morgan fingerprint density at radius 1 is 1.67 bits per heavy atom. The molecule has 0 aromatic carbocycles. The summed E-state index contributed by atoms with van der Waals surface area (Å²) in [5.41, 5.74) is 3.23. The molecule has 3 nitrogen and oxygen atoms in total. The van der Waals surface area contributed by atoms with Crippen LogP contribution in [0.5, 0.6) is 0 Å². The van der Waals surface area contributed by atoms with Crippen molar-refractivity contribution in [3.05, 3.63) is 23.0 Å². The first-order chi connectivity index (χ1) is 5.81. The molecule has 2 heterocycles. The first-order valence-corrected chi connectivity index (χ1v) is 4.14. The predicted molar refractivity (Wildman–Crippen MR) is 46.2 cm³/mol. The van der Waals surface area contributed by atoms with Crippen LogP contribution in [0.2, 0.25) is 0 Å². The number of H-pyrrole nitrogens is 1. The van der Waals surface area contributed by atoms with Gasteiger partial charge in [0.05, 0.1) is 0 Å². The highest BCUT2D eigenvalue weighted by Crippen LogP contribution is 2.19. The molecule has 3 heteroatoms. The number of fused-ring (bicyclic) bond motifs is 1. The molecular weight excluding hydrogens is 152 g/mol. The van der Waals surface area contributed by atoms with Gasteiger partial charge >= 0.3 is 0 Å². The molecule has 0 radical (unpaired) electrons. The normalized spacial score (nSPS) is 17.4. The SMILES string of the molecule is CN1CCc2[nH]cc(C=O)c2C1. The van der Waals surface area contributed by atoms with E-state index in [0.717, 1.165) is 31.4 Å². The number of nitrogens with zero attached hydrogens (tertiary/aromatic N) is 1. The first-order valence-electron chi connectivity index (χ1n) is 4.14. The lowest BCUT2D eigenvalue weighted by molar-refractivity contribution is 0.112. The molecule has 64 valence electrons. The maximum Gasteiger partial charge on any atom is 0.151 e. The Bertz CT molecular complexity index is 303. The maximum absolute atomic E-state index is 10.6. The van der Waals surface area contributed by atoms with Gasteiger partial charge in [-0.15, -0.1) is 0 Å². The number of aldehydes is 1. The minimum absolute atomic E-state index is 0.816. The molecule has 0 bridgehead atoms. The fraction of sp³-hybridized carbons (Fsp3) is 0.444. The smallest absolute Gasteiger partial charge is 0.151 e. The highest BCUT2D eigenvalue weighted by atomic mass is 16.1. The number of rotatable bonds is 1. The van der Waals surface area contributed by atoms with Crippen LogP contribution in [0, 0.1) is 0 Å². The second-order valence-electron chi connectivity index (χ2n) is 3.31. The van der Waals surface area contributed by atoms with E-state index in [-0.39, 0.29) is 0 Å². The standard InChI is InChI=1S/C9H12N2O/c1-11-3-2-9-8(5-11)7(6-12)4-10-9/h4,6,10H,2-3,5H2,1H3. The van der Waals surface area contributed by atoms with Crippen LogP contribution in [-0.4, -0.2) is 29.8 Å². The maximum atomic E-state index is 10.6. The van der Waals surface area contributed by atoms with Crippen molar-refractivity contribution in [3.63, 3.8) is 0 Å². The van der Waals surface area contributed by atoms with Gasteiger partial charge in [-0.3, -0.25) is 4.79 Å². The first kappa shape index (κ1) is 7.55. The van der Waals surface area contributed by atoms with Crippen molar-refractivity contribution in [1.82, 2.24) is 9.88 Å². The van der Waals surface area contributed by atoms with E-state index in [2.05, 4.69) is 16.9 Å². The van der Waals surface area contributed by atoms with Gasteiger partial charge in [-0.2, -0.15) is 0 Å². The van der Waals surface area contributed by atoms with E-state index in [1.807, 2.05) is 0 Å². The molecule has 1 N–H and O–H groups in total. The highest BCUT2D eigenvalue weighted by Gasteiger charge is 2.17. The third kappa shape index (κ3) is 1.06. The monoisotopic (exact) mass is 164 g/mol. The number of carbonyl (C=O) groups excluding carboxylic acids is 1. The number of aromatic amines is 1. The van der Waals surface area contributed by atoms with Crippen LogP contribution in [0.25, 0.3) is 0 Å². The van der Waals surface area contributed by atoms with Crippen molar-refractivity contribution in [2.24, 2.45) is 0 Å². The average molecular weight is 164 g/mol. The molecule has 0 fully saturated rings. The fourth-order valence-electron chi connectivity index (χ4n) is 1.68. The van der Waals surface area contributed by atoms with E-state index >= 15 is 0 Å². The Balaban J connectivity index is 2.40. The van der Waals surface area contributed by atoms with Gasteiger partial charge in [0.1, 0.15) is 0 Å². The van der Waals surface area contributed by atoms with E-state index in [0.29, 0.717) is 0 Å². The van der Waals surface area contributed by atoms with Crippen LogP contribution in [0.3, 0.4) is 0 Å². The van der Waals surface area contributed by atoms with Crippen molar-refractivity contribution >= 4 is 6.29 Å². The number of aromatic nitrogens is 1. The minimum Gasteiger partial charge on any atom is -0.364 e. The van der Waals surface area contributed by atoms with Crippen molar-refractivity contribution in [2.45, 2.75) is 13.0 Å². The van der Waals surface area contributed by atoms with Gasteiger partial charge < -0.3 is 9.88 Å². The Morgan fingerprint density at radius 3 is 3.25 bits per heavy atom. The summed E-state index contributed by atoms with van der Waals surface area (Å²) >= 11 is 0. The van der Waals surface area contributed by atoms with E-state index in [9.17, 15) is 4.79 Å². The largest absolute Gasteiger partial charge is 0.364 e. The van der Waals surface area contributed by atoms with E-state index in [4.69, 9.17) is 0 Å². The minimum atomic E-state index is 0.816. The van der Waals surface area contributed by atoms with Gasteiger partial charge in [-0.05, 0) is 12.6 Å². The molecule has 1 aromatic heterocycles. The molecule has 0 unspecified atom stereocenters. The Labute approximate surface area is 71.4 Å². The Morgan fingerprint density at radius 2 is 2.50 bits per heavy atom. The lowest BCUT2D eigenvalue weighted by Crippen LogP contribution is -2.26. The molecule has 1 aromatic rings. The van der Waals surface area contributed by atoms with E-state index in [1.165, 1.54) is 11.3 Å². The Hall–Kier alpha value is -1.09. The third-order valence-corrected chi connectivity index (χ3v) is 2.41. The number of hydrogen-bond acceptors (Lipinski definition) is 2. The second kappa shape index (κ2) is 2.75. The topological polar surface area (TPSA) is 36.1 Å². The van der Waals surface area contributed by atoms with Crippen LogP contribution < -0.4 is 0 Å². The third-order valence-electron chi connectivity index (χ3n) is 2.41. The summed E-state index contributed by atoms with van der Waals surface area (Å²) in [5, 5.41) is 0. The molecule has 0 saturated heterocycles. The van der Waals surface area contributed by atoms with E-state index in [1.54, 1.807) is 6.20 Å². The zero-order chi connectivity index (χ0) is 8.55. The number of nitrogens with one attached hydrogen (secondary N) is 1. The molecular formula is C9H12N2O. The summed E-state index contributed by atoms with van der Waals surface area (Å²) in [7, 11) is 2.07. The van der Waals surface area contributed by atoms with Crippen molar-refractivity contribution < 1.29 is 4.79 Å². The van der Waals surface area contributed by atoms with Crippen molar-refractivity contribution in [2.75, 3.05) is 13.6 Å². The summed E-state index contributed by atoms with van der Waals surface area (Å²) < 4.78 is 0. The van der Waals surface area contributed by atoms with Crippen LogP contribution in [0.15, 0.2) is 6.20 Å². The molecule has 2 rings (SSSR count). The van der Waals surface area contributed by atoms with Crippen molar-refractivity contribution in [1.29, 1.82) is 0 Å². The number of likely N-dealkylation sites (N-methyl/N-ethyl adjacent to an activating group) is 1. The summed E-state index contributed by atoms with van der Waals surface area (Å²) in [5.74, 6) is 0. The average Bonchev–Trinajstić information content (AvgIpc) is 2.46. The van der Waals surface area contributed by atoms with Gasteiger partial charge in [0.25, 0.3) is 0 Å². The second-order valence-corrected chi connectivity index (χ2v) is 3.31. The summed E-state index contributed by atoms with van der Waals surface area (Å²) in [6.45, 7) is 1.97. The molecule has 0 aliphatic carbocycles. The molecule has 1 aliphatic rings. The summed E-state index contributed by atoms with van der Waals surface area (Å²) in [6.07, 6.45) is 3.75. The molecule has 1 aliphatic heterocycles. The van der Waals surface area contributed by atoms with Crippen LogP contribution in [-0.2, 0) is 13.0 Å².